The molecule has 6 rings (SSSR count). The first kappa shape index (κ1) is 21.1. The number of halogens is 1. The predicted molar refractivity (Wildman–Crippen MR) is 133 cm³/mol. The summed E-state index contributed by atoms with van der Waals surface area (Å²) >= 11 is 6.18. The standard InChI is InChI=1S/C29H22ClNO3/c1-16-7-8-18-11-14-24-29(27(33)21-5-3-4-6-22(21)28(29)34)25(19-9-12-20(30)13-10-19)26(17(2)32)31(24)23(18)15-16/h3-15,24-26H,1-2H3/t24-,25+,26+/m0/s1. The lowest BCUT2D eigenvalue weighted by molar-refractivity contribution is -0.118. The molecule has 3 aromatic rings. The highest BCUT2D eigenvalue weighted by atomic mass is 35.5. The second-order valence-electron chi connectivity index (χ2n) is 9.43. The van der Waals surface area contributed by atoms with Gasteiger partial charge < -0.3 is 4.90 Å². The van der Waals surface area contributed by atoms with Crippen LogP contribution < -0.4 is 4.90 Å². The molecular formula is C29H22ClNO3. The second kappa shape index (κ2) is 7.25. The van der Waals surface area contributed by atoms with Crippen LogP contribution in [0.25, 0.3) is 6.08 Å². The topological polar surface area (TPSA) is 54.5 Å². The van der Waals surface area contributed by atoms with E-state index in [1.807, 2.05) is 54.3 Å². The van der Waals surface area contributed by atoms with Gasteiger partial charge in [-0.05, 0) is 48.7 Å². The molecule has 0 radical (unpaired) electrons. The number of nitrogens with zero attached hydrogens (tertiary/aromatic N) is 1. The lowest BCUT2D eigenvalue weighted by atomic mass is 9.64. The van der Waals surface area contributed by atoms with Crippen LogP contribution in [0, 0.1) is 12.3 Å². The number of aryl methyl sites for hydroxylation is 1. The maximum Gasteiger partial charge on any atom is 0.180 e. The Morgan fingerprint density at radius 1 is 0.941 bits per heavy atom. The Labute approximate surface area is 202 Å². The smallest absolute Gasteiger partial charge is 0.180 e. The molecule has 0 amide bonds. The molecular weight excluding hydrogens is 446 g/mol. The molecule has 0 unspecified atom stereocenters. The molecule has 0 bridgehead atoms. The Bertz CT molecular complexity index is 1390. The fraction of sp³-hybridized carbons (Fsp3) is 0.207. The lowest BCUT2D eigenvalue weighted by Crippen LogP contribution is -2.48. The van der Waals surface area contributed by atoms with Gasteiger partial charge in [0.05, 0.1) is 12.1 Å². The van der Waals surface area contributed by atoms with Crippen LogP contribution >= 0.6 is 11.6 Å². The van der Waals surface area contributed by atoms with Gasteiger partial charge in [-0.15, -0.1) is 0 Å². The number of hydrogen-bond donors (Lipinski definition) is 0. The van der Waals surface area contributed by atoms with Crippen molar-refractivity contribution in [3.63, 3.8) is 0 Å². The highest BCUT2D eigenvalue weighted by Crippen LogP contribution is 2.60. The molecule has 168 valence electrons. The van der Waals surface area contributed by atoms with Crippen LogP contribution in [0.2, 0.25) is 5.02 Å². The Morgan fingerprint density at radius 2 is 1.59 bits per heavy atom. The molecule has 1 aliphatic carbocycles. The second-order valence-corrected chi connectivity index (χ2v) is 9.87. The molecule has 3 aliphatic rings. The minimum absolute atomic E-state index is 0.0823. The molecule has 2 aliphatic heterocycles. The summed E-state index contributed by atoms with van der Waals surface area (Å²) in [5.41, 5.74) is 3.07. The number of benzene rings is 3. The third kappa shape index (κ3) is 2.57. The van der Waals surface area contributed by atoms with E-state index in [9.17, 15) is 14.4 Å². The van der Waals surface area contributed by atoms with E-state index in [4.69, 9.17) is 11.6 Å². The van der Waals surface area contributed by atoms with Gasteiger partial charge in [-0.3, -0.25) is 14.4 Å². The quantitative estimate of drug-likeness (QED) is 0.455. The first-order valence-corrected chi connectivity index (χ1v) is 11.7. The number of carbonyl (C=O) groups excluding carboxylic acids is 3. The predicted octanol–water partition coefficient (Wildman–Crippen LogP) is 5.67. The van der Waals surface area contributed by atoms with Crippen LogP contribution in [-0.2, 0) is 4.79 Å². The van der Waals surface area contributed by atoms with E-state index in [0.717, 1.165) is 22.4 Å². The Morgan fingerprint density at radius 3 is 2.21 bits per heavy atom. The lowest BCUT2D eigenvalue weighted by Gasteiger charge is -2.37. The fourth-order valence-electron chi connectivity index (χ4n) is 6.27. The van der Waals surface area contributed by atoms with Gasteiger partial charge in [0.15, 0.2) is 17.3 Å². The zero-order chi connectivity index (χ0) is 23.8. The largest absolute Gasteiger partial charge is 0.352 e. The number of ketones is 3. The Hall–Kier alpha value is -3.50. The van der Waals surface area contributed by atoms with Gasteiger partial charge in [-0.1, -0.05) is 72.3 Å². The van der Waals surface area contributed by atoms with Crippen molar-refractivity contribution in [2.24, 2.45) is 5.41 Å². The van der Waals surface area contributed by atoms with Crippen LogP contribution in [0.3, 0.4) is 0 Å². The van der Waals surface area contributed by atoms with Crippen molar-refractivity contribution in [1.29, 1.82) is 0 Å². The van der Waals surface area contributed by atoms with E-state index in [-0.39, 0.29) is 17.3 Å². The van der Waals surface area contributed by atoms with Crippen LogP contribution in [0.1, 0.15) is 50.2 Å². The molecule has 34 heavy (non-hydrogen) atoms. The molecule has 4 nitrogen and oxygen atoms in total. The summed E-state index contributed by atoms with van der Waals surface area (Å²) in [5.74, 6) is -1.17. The van der Waals surface area contributed by atoms with E-state index in [2.05, 4.69) is 0 Å². The first-order chi connectivity index (χ1) is 16.4. The van der Waals surface area contributed by atoms with Crippen LogP contribution in [0.4, 0.5) is 5.69 Å². The van der Waals surface area contributed by atoms with Gasteiger partial charge in [-0.25, -0.2) is 0 Å². The number of Topliss-reactive ketones (excluding diaryl/α,β-unsaturated/α-hetero) is 3. The highest BCUT2D eigenvalue weighted by Gasteiger charge is 2.71. The molecule has 5 heteroatoms. The molecule has 1 saturated heterocycles. The van der Waals surface area contributed by atoms with Crippen molar-refractivity contribution in [3.8, 4) is 0 Å². The van der Waals surface area contributed by atoms with E-state index in [1.54, 1.807) is 43.3 Å². The zero-order valence-corrected chi connectivity index (χ0v) is 19.5. The third-order valence-corrected chi connectivity index (χ3v) is 7.86. The molecule has 2 heterocycles. The minimum Gasteiger partial charge on any atom is -0.352 e. The summed E-state index contributed by atoms with van der Waals surface area (Å²) in [4.78, 5) is 43.9. The first-order valence-electron chi connectivity index (χ1n) is 11.4. The van der Waals surface area contributed by atoms with Gasteiger partial charge in [0.1, 0.15) is 5.41 Å². The van der Waals surface area contributed by atoms with E-state index < -0.39 is 23.4 Å². The molecule has 1 fully saturated rings. The van der Waals surface area contributed by atoms with Crippen molar-refractivity contribution < 1.29 is 14.4 Å². The van der Waals surface area contributed by atoms with Crippen molar-refractivity contribution >= 4 is 40.7 Å². The fourth-order valence-corrected chi connectivity index (χ4v) is 6.39. The van der Waals surface area contributed by atoms with Crippen LogP contribution in [0.5, 0.6) is 0 Å². The summed E-state index contributed by atoms with van der Waals surface area (Å²) in [5, 5.41) is 0.557. The maximum atomic E-state index is 14.3. The van der Waals surface area contributed by atoms with Crippen molar-refractivity contribution in [1.82, 2.24) is 0 Å². The van der Waals surface area contributed by atoms with Gasteiger partial charge in [0.2, 0.25) is 0 Å². The van der Waals surface area contributed by atoms with Gasteiger partial charge in [-0.2, -0.15) is 0 Å². The number of hydrogen-bond acceptors (Lipinski definition) is 4. The summed E-state index contributed by atoms with van der Waals surface area (Å²) in [6, 6.07) is 19.0. The summed E-state index contributed by atoms with van der Waals surface area (Å²) in [7, 11) is 0. The number of fused-ring (bicyclic) bond motifs is 5. The Kier molecular flexibility index (Phi) is 4.49. The molecule has 0 N–H and O–H groups in total. The average Bonchev–Trinajstić information content (AvgIpc) is 3.27. The van der Waals surface area contributed by atoms with Crippen molar-refractivity contribution in [3.05, 3.63) is 106 Å². The Balaban J connectivity index is 1.69. The van der Waals surface area contributed by atoms with E-state index in [0.29, 0.717) is 16.1 Å². The van der Waals surface area contributed by atoms with E-state index in [1.165, 1.54) is 0 Å². The van der Waals surface area contributed by atoms with Gasteiger partial charge >= 0.3 is 0 Å². The molecule has 0 saturated carbocycles. The maximum absolute atomic E-state index is 14.3. The molecule has 0 aromatic heterocycles. The van der Waals surface area contributed by atoms with Crippen LogP contribution in [0.15, 0.2) is 72.8 Å². The SMILES string of the molecule is CC(=O)[C@@H]1[C@@H](c2ccc(Cl)cc2)C2(C(=O)c3ccccc3C2=O)[C@@H]2C=Cc3ccc(C)cc3N12. The summed E-state index contributed by atoms with van der Waals surface area (Å²) < 4.78 is 0. The molecule has 3 aromatic carbocycles. The van der Waals surface area contributed by atoms with Crippen molar-refractivity contribution in [2.45, 2.75) is 31.8 Å². The minimum atomic E-state index is -1.44. The normalized spacial score (nSPS) is 23.7. The zero-order valence-electron chi connectivity index (χ0n) is 18.8. The van der Waals surface area contributed by atoms with Crippen LogP contribution in [-0.4, -0.2) is 29.4 Å². The number of carbonyl (C=O) groups is 3. The summed E-state index contributed by atoms with van der Waals surface area (Å²) in [6.45, 7) is 3.55. The van der Waals surface area contributed by atoms with Gasteiger partial charge in [0.25, 0.3) is 0 Å². The van der Waals surface area contributed by atoms with E-state index >= 15 is 0 Å². The third-order valence-electron chi connectivity index (χ3n) is 7.61. The number of rotatable bonds is 2. The summed E-state index contributed by atoms with van der Waals surface area (Å²) in [6.07, 6.45) is 3.91. The average molecular weight is 468 g/mol. The monoisotopic (exact) mass is 467 g/mol. The van der Waals surface area contributed by atoms with Gasteiger partial charge in [0, 0.05) is 27.8 Å². The van der Waals surface area contributed by atoms with Crippen molar-refractivity contribution in [2.75, 3.05) is 4.90 Å². The number of anilines is 1. The molecule has 1 spiro atoms. The highest BCUT2D eigenvalue weighted by molar-refractivity contribution is 6.32. The molecule has 3 atom stereocenters.